The summed E-state index contributed by atoms with van der Waals surface area (Å²) in [5, 5.41) is 7.58. The number of nitrogens with zero attached hydrogens (tertiary/aromatic N) is 2. The highest BCUT2D eigenvalue weighted by atomic mass is 16.5. The predicted octanol–water partition coefficient (Wildman–Crippen LogP) is 2.47. The SMILES string of the molecule is CC(c1nc(C2(c3ccccc3)CC2)no1)C1CNC1. The van der Waals surface area contributed by atoms with Gasteiger partial charge >= 0.3 is 0 Å². The third-order valence-electron chi connectivity index (χ3n) is 4.86. The minimum absolute atomic E-state index is 0.0145. The minimum atomic E-state index is 0.0145. The number of hydrogen-bond donors (Lipinski definition) is 1. The normalized spacial score (nSPS) is 22.2. The molecule has 2 fully saturated rings. The summed E-state index contributed by atoms with van der Waals surface area (Å²) < 4.78 is 5.54. The number of rotatable bonds is 4. The first-order valence-corrected chi connectivity index (χ1v) is 7.40. The zero-order valence-corrected chi connectivity index (χ0v) is 11.7. The van der Waals surface area contributed by atoms with Crippen molar-refractivity contribution in [1.82, 2.24) is 15.5 Å². The van der Waals surface area contributed by atoms with Crippen LogP contribution in [-0.2, 0) is 5.41 Å². The van der Waals surface area contributed by atoms with Gasteiger partial charge in [0.15, 0.2) is 5.82 Å². The molecule has 1 atom stereocenters. The molecule has 0 amide bonds. The zero-order valence-electron chi connectivity index (χ0n) is 11.7. The van der Waals surface area contributed by atoms with Crippen molar-refractivity contribution < 1.29 is 4.52 Å². The van der Waals surface area contributed by atoms with E-state index in [1.165, 1.54) is 5.56 Å². The second-order valence-electron chi connectivity index (χ2n) is 6.11. The molecule has 2 aliphatic rings. The molecule has 0 spiro atoms. The maximum absolute atomic E-state index is 5.54. The van der Waals surface area contributed by atoms with Crippen LogP contribution in [0.5, 0.6) is 0 Å². The van der Waals surface area contributed by atoms with Crippen LogP contribution in [0.25, 0.3) is 0 Å². The fraction of sp³-hybridized carbons (Fsp3) is 0.500. The largest absolute Gasteiger partial charge is 0.339 e. The Morgan fingerprint density at radius 2 is 2.00 bits per heavy atom. The lowest BCUT2D eigenvalue weighted by Crippen LogP contribution is -2.44. The van der Waals surface area contributed by atoms with Gasteiger partial charge in [-0.1, -0.05) is 42.4 Å². The van der Waals surface area contributed by atoms with Crippen LogP contribution in [-0.4, -0.2) is 23.2 Å². The average molecular weight is 269 g/mol. The Labute approximate surface area is 118 Å². The lowest BCUT2D eigenvalue weighted by Gasteiger charge is -2.30. The fourth-order valence-corrected chi connectivity index (χ4v) is 3.00. The molecule has 0 radical (unpaired) electrons. The van der Waals surface area contributed by atoms with E-state index in [2.05, 4.69) is 41.7 Å². The van der Waals surface area contributed by atoms with Crippen LogP contribution in [0.4, 0.5) is 0 Å². The van der Waals surface area contributed by atoms with Gasteiger partial charge in [0.25, 0.3) is 0 Å². The van der Waals surface area contributed by atoms with E-state index in [4.69, 9.17) is 9.51 Å². The van der Waals surface area contributed by atoms with Crippen LogP contribution in [0.2, 0.25) is 0 Å². The number of benzene rings is 1. The summed E-state index contributed by atoms with van der Waals surface area (Å²) in [6.45, 7) is 4.30. The summed E-state index contributed by atoms with van der Waals surface area (Å²) >= 11 is 0. The van der Waals surface area contributed by atoms with E-state index in [1.807, 2.05) is 6.07 Å². The summed E-state index contributed by atoms with van der Waals surface area (Å²) in [5.74, 6) is 2.66. The maximum Gasteiger partial charge on any atom is 0.229 e. The molecule has 1 saturated heterocycles. The van der Waals surface area contributed by atoms with Gasteiger partial charge < -0.3 is 9.84 Å². The second-order valence-corrected chi connectivity index (χ2v) is 6.11. The van der Waals surface area contributed by atoms with Crippen molar-refractivity contribution in [3.05, 3.63) is 47.6 Å². The Morgan fingerprint density at radius 1 is 1.25 bits per heavy atom. The van der Waals surface area contributed by atoms with Gasteiger partial charge in [-0.15, -0.1) is 0 Å². The lowest BCUT2D eigenvalue weighted by molar-refractivity contribution is 0.252. The van der Waals surface area contributed by atoms with E-state index >= 15 is 0 Å². The highest BCUT2D eigenvalue weighted by molar-refractivity contribution is 5.38. The molecule has 2 heterocycles. The summed E-state index contributed by atoms with van der Waals surface area (Å²) in [4.78, 5) is 4.72. The average Bonchev–Trinajstić information content (AvgIpc) is 3.08. The Balaban J connectivity index is 1.62. The summed E-state index contributed by atoms with van der Waals surface area (Å²) in [6.07, 6.45) is 2.24. The zero-order chi connectivity index (χ0) is 13.6. The summed E-state index contributed by atoms with van der Waals surface area (Å²) in [6, 6.07) is 10.6. The van der Waals surface area contributed by atoms with Gasteiger partial charge in [0.1, 0.15) is 0 Å². The van der Waals surface area contributed by atoms with Gasteiger partial charge in [0.05, 0.1) is 5.41 Å². The molecular formula is C16H19N3O. The standard InChI is InChI=1S/C16H19N3O/c1-11(12-9-17-10-12)14-18-15(19-20-14)16(7-8-16)13-5-3-2-4-6-13/h2-6,11-12,17H,7-10H2,1H3. The third-order valence-corrected chi connectivity index (χ3v) is 4.86. The van der Waals surface area contributed by atoms with Crippen molar-refractivity contribution in [1.29, 1.82) is 0 Å². The number of aromatic nitrogens is 2. The Kier molecular flexibility index (Phi) is 2.67. The first-order chi connectivity index (χ1) is 9.79. The van der Waals surface area contributed by atoms with Gasteiger partial charge in [-0.2, -0.15) is 4.98 Å². The van der Waals surface area contributed by atoms with Crippen LogP contribution in [0.1, 0.15) is 43.0 Å². The molecule has 1 aromatic heterocycles. The molecule has 1 saturated carbocycles. The molecule has 4 rings (SSSR count). The van der Waals surface area contributed by atoms with Crippen molar-refractivity contribution in [3.8, 4) is 0 Å². The number of nitrogens with one attached hydrogen (secondary N) is 1. The Bertz CT molecular complexity index is 599. The molecule has 1 aliphatic carbocycles. The Hall–Kier alpha value is -1.68. The molecule has 2 aromatic rings. The first-order valence-electron chi connectivity index (χ1n) is 7.40. The van der Waals surface area contributed by atoms with Crippen molar-refractivity contribution in [2.45, 2.75) is 31.1 Å². The second kappa shape index (κ2) is 4.42. The lowest BCUT2D eigenvalue weighted by atomic mass is 9.89. The van der Waals surface area contributed by atoms with Crippen LogP contribution >= 0.6 is 0 Å². The van der Waals surface area contributed by atoms with Crippen molar-refractivity contribution in [2.24, 2.45) is 5.92 Å². The quantitative estimate of drug-likeness (QED) is 0.926. The molecule has 4 nitrogen and oxygen atoms in total. The van der Waals surface area contributed by atoms with Gasteiger partial charge in [-0.05, 0) is 37.4 Å². The van der Waals surface area contributed by atoms with Gasteiger partial charge in [0, 0.05) is 5.92 Å². The van der Waals surface area contributed by atoms with Crippen LogP contribution in [0, 0.1) is 5.92 Å². The van der Waals surface area contributed by atoms with E-state index < -0.39 is 0 Å². The fourth-order valence-electron chi connectivity index (χ4n) is 3.00. The van der Waals surface area contributed by atoms with E-state index in [-0.39, 0.29) is 5.41 Å². The third kappa shape index (κ3) is 1.79. The molecule has 0 bridgehead atoms. The summed E-state index contributed by atoms with van der Waals surface area (Å²) in [7, 11) is 0. The van der Waals surface area contributed by atoms with Crippen LogP contribution in [0.15, 0.2) is 34.9 Å². The molecule has 1 N–H and O–H groups in total. The van der Waals surface area contributed by atoms with Gasteiger partial charge in [-0.3, -0.25) is 0 Å². The molecule has 20 heavy (non-hydrogen) atoms. The summed E-state index contributed by atoms with van der Waals surface area (Å²) in [5.41, 5.74) is 1.32. The van der Waals surface area contributed by atoms with E-state index in [0.29, 0.717) is 11.8 Å². The van der Waals surface area contributed by atoms with Crippen LogP contribution < -0.4 is 5.32 Å². The monoisotopic (exact) mass is 269 g/mol. The molecule has 1 unspecified atom stereocenters. The molecular weight excluding hydrogens is 250 g/mol. The van der Waals surface area contributed by atoms with Crippen molar-refractivity contribution in [2.75, 3.05) is 13.1 Å². The molecule has 104 valence electrons. The number of hydrogen-bond acceptors (Lipinski definition) is 4. The van der Waals surface area contributed by atoms with E-state index in [1.54, 1.807) is 0 Å². The van der Waals surface area contributed by atoms with Gasteiger partial charge in [0.2, 0.25) is 5.89 Å². The van der Waals surface area contributed by atoms with E-state index in [0.717, 1.165) is 37.6 Å². The molecule has 1 aliphatic heterocycles. The van der Waals surface area contributed by atoms with E-state index in [9.17, 15) is 0 Å². The van der Waals surface area contributed by atoms with Gasteiger partial charge in [-0.25, -0.2) is 0 Å². The Morgan fingerprint density at radius 3 is 2.60 bits per heavy atom. The van der Waals surface area contributed by atoms with Crippen molar-refractivity contribution in [3.63, 3.8) is 0 Å². The first kappa shape index (κ1) is 12.1. The van der Waals surface area contributed by atoms with Crippen molar-refractivity contribution >= 4 is 0 Å². The van der Waals surface area contributed by atoms with Crippen LogP contribution in [0.3, 0.4) is 0 Å². The maximum atomic E-state index is 5.54. The smallest absolute Gasteiger partial charge is 0.229 e. The highest BCUT2D eigenvalue weighted by Crippen LogP contribution is 2.52. The highest BCUT2D eigenvalue weighted by Gasteiger charge is 2.50. The molecule has 4 heteroatoms. The minimum Gasteiger partial charge on any atom is -0.339 e. The predicted molar refractivity (Wildman–Crippen MR) is 75.5 cm³/mol. The molecule has 1 aromatic carbocycles. The topological polar surface area (TPSA) is 51.0 Å².